The molecule has 0 aromatic heterocycles. The predicted molar refractivity (Wildman–Crippen MR) is 147 cm³/mol. The number of nitrogens with two attached hydrogens (primary N) is 3. The molecule has 214 valence electrons. The lowest BCUT2D eigenvalue weighted by Gasteiger charge is -2.25. The lowest BCUT2D eigenvalue weighted by Crippen LogP contribution is -2.57. The van der Waals surface area contributed by atoms with E-state index in [1.165, 1.54) is 0 Å². The molecule has 4 unspecified atom stereocenters. The maximum Gasteiger partial charge on any atom is 0.326 e. The molecule has 4 atom stereocenters. The summed E-state index contributed by atoms with van der Waals surface area (Å²) >= 11 is 0. The number of hydrogen-bond donors (Lipinski definition) is 7. The molecule has 38 heavy (non-hydrogen) atoms. The minimum atomic E-state index is -1.18. The van der Waals surface area contributed by atoms with Gasteiger partial charge in [-0.15, -0.1) is 0 Å². The zero-order valence-corrected chi connectivity index (χ0v) is 22.7. The van der Waals surface area contributed by atoms with Crippen molar-refractivity contribution < 1.29 is 24.3 Å². The molecule has 0 bridgehead atoms. The summed E-state index contributed by atoms with van der Waals surface area (Å²) in [6.45, 7) is 4.76. The fraction of sp³-hybridized carbons (Fsp3) is 0.630. The molecule has 10 N–H and O–H groups in total. The van der Waals surface area contributed by atoms with Crippen molar-refractivity contribution in [1.82, 2.24) is 16.0 Å². The van der Waals surface area contributed by atoms with Gasteiger partial charge in [0.25, 0.3) is 0 Å². The summed E-state index contributed by atoms with van der Waals surface area (Å²) in [6.07, 6.45) is 3.59. The van der Waals surface area contributed by atoms with Crippen molar-refractivity contribution in [3.8, 4) is 0 Å². The Morgan fingerprint density at radius 2 is 1.24 bits per heavy atom. The number of carbonyl (C=O) groups is 4. The highest BCUT2D eigenvalue weighted by Crippen LogP contribution is 2.09. The fourth-order valence-corrected chi connectivity index (χ4v) is 4.01. The van der Waals surface area contributed by atoms with Gasteiger partial charge in [-0.25, -0.2) is 4.79 Å². The molecule has 0 aliphatic rings. The van der Waals surface area contributed by atoms with E-state index in [0.29, 0.717) is 51.6 Å². The van der Waals surface area contributed by atoms with Crippen LogP contribution in [0.5, 0.6) is 0 Å². The van der Waals surface area contributed by atoms with Gasteiger partial charge in [0.05, 0.1) is 6.04 Å². The minimum Gasteiger partial charge on any atom is -0.480 e. The molecule has 0 radical (unpaired) electrons. The van der Waals surface area contributed by atoms with Crippen LogP contribution in [-0.4, -0.2) is 66.1 Å². The summed E-state index contributed by atoms with van der Waals surface area (Å²) < 4.78 is 0. The molecule has 0 aliphatic heterocycles. The molecule has 3 amide bonds. The standard InChI is InChI=1S/C27H46N6O5/c1-18(2)16-20(30)24(34)31-21(12-6-8-14-28)25(35)32-22(13-7-9-15-29)26(36)33-23(27(37)38)17-19-10-4-3-5-11-19/h3-5,10-11,18,20-23H,6-9,12-17,28-30H2,1-2H3,(H,31,34)(H,32,35)(H,33,36)(H,37,38). The molecule has 0 saturated carbocycles. The fourth-order valence-electron chi connectivity index (χ4n) is 4.01. The summed E-state index contributed by atoms with van der Waals surface area (Å²) in [7, 11) is 0. The normalized spacial score (nSPS) is 14.3. The highest BCUT2D eigenvalue weighted by atomic mass is 16.4. The van der Waals surface area contributed by atoms with Gasteiger partial charge in [-0.05, 0) is 69.5 Å². The van der Waals surface area contributed by atoms with Crippen molar-refractivity contribution in [2.45, 2.75) is 89.4 Å². The second-order valence-corrected chi connectivity index (χ2v) is 10.0. The van der Waals surface area contributed by atoms with E-state index in [4.69, 9.17) is 17.2 Å². The van der Waals surface area contributed by atoms with Crippen LogP contribution in [-0.2, 0) is 25.6 Å². The van der Waals surface area contributed by atoms with E-state index in [9.17, 15) is 24.3 Å². The minimum absolute atomic E-state index is 0.0941. The molecule has 1 aromatic carbocycles. The highest BCUT2D eigenvalue weighted by Gasteiger charge is 2.30. The summed E-state index contributed by atoms with van der Waals surface area (Å²) in [5.41, 5.74) is 17.9. The number of nitrogens with one attached hydrogen (secondary N) is 3. The van der Waals surface area contributed by atoms with Crippen LogP contribution < -0.4 is 33.2 Å². The van der Waals surface area contributed by atoms with Crippen LogP contribution in [0.2, 0.25) is 0 Å². The second-order valence-electron chi connectivity index (χ2n) is 10.0. The Labute approximate surface area is 225 Å². The zero-order valence-electron chi connectivity index (χ0n) is 22.7. The maximum absolute atomic E-state index is 13.3. The Hall–Kier alpha value is -3.02. The maximum atomic E-state index is 13.3. The number of carboxylic acids is 1. The van der Waals surface area contributed by atoms with Crippen molar-refractivity contribution in [2.24, 2.45) is 23.1 Å². The number of unbranched alkanes of at least 4 members (excludes halogenated alkanes) is 2. The van der Waals surface area contributed by atoms with E-state index >= 15 is 0 Å². The molecule has 1 rings (SSSR count). The van der Waals surface area contributed by atoms with Gasteiger partial charge in [-0.1, -0.05) is 44.2 Å². The lowest BCUT2D eigenvalue weighted by atomic mass is 10.0. The molecule has 0 aliphatic carbocycles. The monoisotopic (exact) mass is 534 g/mol. The van der Waals surface area contributed by atoms with Crippen molar-refractivity contribution in [3.63, 3.8) is 0 Å². The largest absolute Gasteiger partial charge is 0.480 e. The van der Waals surface area contributed by atoms with E-state index in [0.717, 1.165) is 5.56 Å². The first-order valence-electron chi connectivity index (χ1n) is 13.4. The lowest BCUT2D eigenvalue weighted by molar-refractivity contribution is -0.142. The number of rotatable bonds is 19. The SMILES string of the molecule is CC(C)CC(N)C(=O)NC(CCCCN)C(=O)NC(CCCCN)C(=O)NC(Cc1ccccc1)C(=O)O. The third kappa shape index (κ3) is 13.0. The van der Waals surface area contributed by atoms with Gasteiger partial charge in [-0.3, -0.25) is 14.4 Å². The first-order valence-corrected chi connectivity index (χ1v) is 13.4. The topological polar surface area (TPSA) is 203 Å². The summed E-state index contributed by atoms with van der Waals surface area (Å²) in [6, 6.07) is 5.12. The highest BCUT2D eigenvalue weighted by molar-refractivity contribution is 5.94. The van der Waals surface area contributed by atoms with Gasteiger partial charge < -0.3 is 38.3 Å². The third-order valence-electron chi connectivity index (χ3n) is 6.12. The van der Waals surface area contributed by atoms with Crippen molar-refractivity contribution in [3.05, 3.63) is 35.9 Å². The third-order valence-corrected chi connectivity index (χ3v) is 6.12. The Morgan fingerprint density at radius 1 is 0.763 bits per heavy atom. The summed E-state index contributed by atoms with van der Waals surface area (Å²) in [4.78, 5) is 50.9. The van der Waals surface area contributed by atoms with E-state index in [-0.39, 0.29) is 18.8 Å². The molecule has 0 saturated heterocycles. The Bertz CT molecular complexity index is 867. The Balaban J connectivity index is 3.00. The van der Waals surface area contributed by atoms with E-state index < -0.39 is 47.9 Å². The average Bonchev–Trinajstić information content (AvgIpc) is 2.87. The number of aliphatic carboxylic acids is 1. The molecule has 0 fully saturated rings. The van der Waals surface area contributed by atoms with Crippen LogP contribution >= 0.6 is 0 Å². The molecule has 11 nitrogen and oxygen atoms in total. The van der Waals surface area contributed by atoms with Gasteiger partial charge in [0.1, 0.15) is 18.1 Å². The van der Waals surface area contributed by atoms with Crippen molar-refractivity contribution in [1.29, 1.82) is 0 Å². The van der Waals surface area contributed by atoms with Crippen LogP contribution in [0.3, 0.4) is 0 Å². The summed E-state index contributed by atoms with van der Waals surface area (Å²) in [5, 5.41) is 17.7. The first kappa shape index (κ1) is 33.0. The average molecular weight is 535 g/mol. The molecular formula is C27H46N6O5. The Morgan fingerprint density at radius 3 is 1.68 bits per heavy atom. The van der Waals surface area contributed by atoms with Gasteiger partial charge in [0, 0.05) is 6.42 Å². The quantitative estimate of drug-likeness (QED) is 0.123. The predicted octanol–water partition coefficient (Wildman–Crippen LogP) is 0.400. The van der Waals surface area contributed by atoms with Crippen LogP contribution in [0.1, 0.15) is 64.4 Å². The number of hydrogen-bond acceptors (Lipinski definition) is 7. The van der Waals surface area contributed by atoms with Crippen LogP contribution in [0.4, 0.5) is 0 Å². The zero-order chi connectivity index (χ0) is 28.5. The van der Waals surface area contributed by atoms with Crippen molar-refractivity contribution >= 4 is 23.7 Å². The van der Waals surface area contributed by atoms with Crippen molar-refractivity contribution in [2.75, 3.05) is 13.1 Å². The summed E-state index contributed by atoms with van der Waals surface area (Å²) in [5.74, 6) is -2.56. The van der Waals surface area contributed by atoms with E-state index in [2.05, 4.69) is 16.0 Å². The number of benzene rings is 1. The van der Waals surface area contributed by atoms with Gasteiger partial charge in [0.2, 0.25) is 17.7 Å². The smallest absolute Gasteiger partial charge is 0.326 e. The second kappa shape index (κ2) is 18.3. The molecular weight excluding hydrogens is 488 g/mol. The van der Waals surface area contributed by atoms with Crippen LogP contribution in [0.15, 0.2) is 30.3 Å². The number of carbonyl (C=O) groups excluding carboxylic acids is 3. The van der Waals surface area contributed by atoms with Gasteiger partial charge in [-0.2, -0.15) is 0 Å². The van der Waals surface area contributed by atoms with E-state index in [1.807, 2.05) is 19.9 Å². The molecule has 0 heterocycles. The Kier molecular flexibility index (Phi) is 15.9. The van der Waals surface area contributed by atoms with E-state index in [1.54, 1.807) is 24.3 Å². The molecule has 1 aromatic rings. The first-order chi connectivity index (χ1) is 18.1. The molecule has 11 heteroatoms. The van der Waals surface area contributed by atoms with Crippen LogP contribution in [0, 0.1) is 5.92 Å². The number of carboxylic acid groups (broad SMARTS) is 1. The van der Waals surface area contributed by atoms with Gasteiger partial charge in [0.15, 0.2) is 0 Å². The molecule has 0 spiro atoms. The number of amides is 3. The van der Waals surface area contributed by atoms with Gasteiger partial charge >= 0.3 is 5.97 Å². The van der Waals surface area contributed by atoms with Crippen LogP contribution in [0.25, 0.3) is 0 Å².